The molecule has 0 saturated carbocycles. The molecule has 4 unspecified atom stereocenters. The van der Waals surface area contributed by atoms with Crippen molar-refractivity contribution in [1.29, 1.82) is 0 Å². The average Bonchev–Trinajstić information content (AvgIpc) is 3.26. The highest BCUT2D eigenvalue weighted by atomic mass is 16.4. The molecule has 11 heteroatoms. The number of benzene rings is 1. The SMILES string of the molecule is CC(NC(=O)C1CCCN1C(=O)C(N)Cc1ccccc1)C(=O)NC(CCC(=O)O)C(=O)O. The van der Waals surface area contributed by atoms with Gasteiger partial charge in [-0.2, -0.15) is 0 Å². The van der Waals surface area contributed by atoms with Crippen LogP contribution in [-0.4, -0.2) is 75.5 Å². The number of hydrogen-bond donors (Lipinski definition) is 5. The maximum Gasteiger partial charge on any atom is 0.326 e. The number of likely N-dealkylation sites (tertiary alicyclic amines) is 1. The highest BCUT2D eigenvalue weighted by Crippen LogP contribution is 2.19. The quantitative estimate of drug-likeness (QED) is 0.291. The van der Waals surface area contributed by atoms with Gasteiger partial charge >= 0.3 is 11.9 Å². The van der Waals surface area contributed by atoms with Gasteiger partial charge in [0.25, 0.3) is 0 Å². The van der Waals surface area contributed by atoms with Crippen LogP contribution in [0.4, 0.5) is 0 Å². The van der Waals surface area contributed by atoms with E-state index in [2.05, 4.69) is 10.6 Å². The van der Waals surface area contributed by atoms with Crippen LogP contribution >= 0.6 is 0 Å². The van der Waals surface area contributed by atoms with E-state index in [9.17, 15) is 29.1 Å². The third-order valence-corrected chi connectivity index (χ3v) is 5.47. The molecule has 1 saturated heterocycles. The molecule has 1 aliphatic heterocycles. The fourth-order valence-corrected chi connectivity index (χ4v) is 3.67. The van der Waals surface area contributed by atoms with E-state index in [4.69, 9.17) is 10.8 Å². The largest absolute Gasteiger partial charge is 0.481 e. The third kappa shape index (κ3) is 7.56. The molecule has 1 heterocycles. The summed E-state index contributed by atoms with van der Waals surface area (Å²) in [6.07, 6.45) is 0.636. The minimum absolute atomic E-state index is 0.290. The van der Waals surface area contributed by atoms with Crippen LogP contribution in [-0.2, 0) is 30.4 Å². The van der Waals surface area contributed by atoms with Crippen LogP contribution in [0.1, 0.15) is 38.2 Å². The van der Waals surface area contributed by atoms with Crippen molar-refractivity contribution in [3.8, 4) is 0 Å². The lowest BCUT2D eigenvalue weighted by Gasteiger charge is -2.28. The van der Waals surface area contributed by atoms with Gasteiger partial charge in [0.15, 0.2) is 0 Å². The first-order valence-electron chi connectivity index (χ1n) is 10.8. The highest BCUT2D eigenvalue weighted by molar-refractivity contribution is 5.94. The van der Waals surface area contributed by atoms with Crippen LogP contribution in [0, 0.1) is 0 Å². The third-order valence-electron chi connectivity index (χ3n) is 5.47. The fourth-order valence-electron chi connectivity index (χ4n) is 3.67. The maximum absolute atomic E-state index is 12.9. The Morgan fingerprint density at radius 1 is 1.12 bits per heavy atom. The van der Waals surface area contributed by atoms with Crippen molar-refractivity contribution < 1.29 is 34.2 Å². The predicted molar refractivity (Wildman–Crippen MR) is 117 cm³/mol. The Labute approximate surface area is 191 Å². The number of nitrogens with one attached hydrogen (secondary N) is 2. The van der Waals surface area contributed by atoms with Gasteiger partial charge in [-0.25, -0.2) is 4.79 Å². The summed E-state index contributed by atoms with van der Waals surface area (Å²) < 4.78 is 0. The van der Waals surface area contributed by atoms with E-state index in [0.29, 0.717) is 25.8 Å². The van der Waals surface area contributed by atoms with Gasteiger partial charge in [-0.1, -0.05) is 30.3 Å². The van der Waals surface area contributed by atoms with E-state index in [1.54, 1.807) is 0 Å². The lowest BCUT2D eigenvalue weighted by atomic mass is 10.0. The number of nitrogens with two attached hydrogens (primary N) is 1. The summed E-state index contributed by atoms with van der Waals surface area (Å²) in [4.78, 5) is 61.3. The Kier molecular flexibility index (Phi) is 9.34. The van der Waals surface area contributed by atoms with Crippen LogP contribution in [0.2, 0.25) is 0 Å². The van der Waals surface area contributed by atoms with Crippen LogP contribution in [0.5, 0.6) is 0 Å². The van der Waals surface area contributed by atoms with Gasteiger partial charge in [-0.05, 0) is 38.2 Å². The first kappa shape index (κ1) is 25.8. The number of carbonyl (C=O) groups excluding carboxylic acids is 3. The zero-order chi connectivity index (χ0) is 24.5. The molecular weight excluding hydrogens is 432 g/mol. The second-order valence-corrected chi connectivity index (χ2v) is 8.05. The summed E-state index contributed by atoms with van der Waals surface area (Å²) in [6, 6.07) is 5.21. The number of nitrogens with zero attached hydrogens (tertiary/aromatic N) is 1. The summed E-state index contributed by atoms with van der Waals surface area (Å²) in [5.74, 6) is -4.21. The van der Waals surface area contributed by atoms with Crippen molar-refractivity contribution in [2.24, 2.45) is 5.73 Å². The minimum atomic E-state index is -1.39. The molecule has 0 spiro atoms. The Balaban J connectivity index is 1.94. The molecule has 0 aliphatic carbocycles. The maximum atomic E-state index is 12.9. The lowest BCUT2D eigenvalue weighted by molar-refractivity contribution is -0.144. The van der Waals surface area contributed by atoms with Crippen molar-refractivity contribution in [2.45, 2.75) is 63.2 Å². The molecule has 11 nitrogen and oxygen atoms in total. The standard InChI is InChI=1S/C22H30N4O7/c1-13(19(29)25-16(22(32)33)9-10-18(27)28)24-20(30)17-8-5-11-26(17)21(31)15(23)12-14-6-3-2-4-7-14/h2-4,6-7,13,15-17H,5,8-12,23H2,1H3,(H,24,30)(H,25,29)(H,27,28)(H,32,33). The van der Waals surface area contributed by atoms with Crippen LogP contribution in [0.3, 0.4) is 0 Å². The Hall–Kier alpha value is -3.47. The number of hydrogen-bond acceptors (Lipinski definition) is 6. The van der Waals surface area contributed by atoms with Crippen LogP contribution in [0.25, 0.3) is 0 Å². The van der Waals surface area contributed by atoms with Gasteiger partial charge in [-0.15, -0.1) is 0 Å². The number of rotatable bonds is 11. The van der Waals surface area contributed by atoms with Gasteiger partial charge in [0.1, 0.15) is 18.1 Å². The molecule has 2 rings (SSSR count). The Bertz CT molecular complexity index is 877. The molecule has 0 radical (unpaired) electrons. The van der Waals surface area contributed by atoms with Gasteiger partial charge in [0.2, 0.25) is 17.7 Å². The molecule has 1 aliphatic rings. The van der Waals surface area contributed by atoms with E-state index in [-0.39, 0.29) is 12.3 Å². The topological polar surface area (TPSA) is 179 Å². The monoisotopic (exact) mass is 462 g/mol. The molecule has 1 aromatic carbocycles. The Morgan fingerprint density at radius 2 is 1.79 bits per heavy atom. The molecule has 180 valence electrons. The number of aliphatic carboxylic acids is 2. The number of carboxylic acid groups (broad SMARTS) is 2. The van der Waals surface area contributed by atoms with Crippen molar-refractivity contribution in [3.63, 3.8) is 0 Å². The van der Waals surface area contributed by atoms with Crippen molar-refractivity contribution in [1.82, 2.24) is 15.5 Å². The van der Waals surface area contributed by atoms with Crippen molar-refractivity contribution >= 4 is 29.7 Å². The number of carboxylic acids is 2. The summed E-state index contributed by atoms with van der Waals surface area (Å²) >= 11 is 0. The normalized spacial score (nSPS) is 18.1. The summed E-state index contributed by atoms with van der Waals surface area (Å²) in [7, 11) is 0. The lowest BCUT2D eigenvalue weighted by Crippen LogP contribution is -2.56. The second-order valence-electron chi connectivity index (χ2n) is 8.05. The van der Waals surface area contributed by atoms with Gasteiger partial charge in [0, 0.05) is 13.0 Å². The molecule has 0 bridgehead atoms. The molecule has 3 amide bonds. The van der Waals surface area contributed by atoms with E-state index in [0.717, 1.165) is 5.56 Å². The first-order chi connectivity index (χ1) is 15.6. The minimum Gasteiger partial charge on any atom is -0.481 e. The van der Waals surface area contributed by atoms with E-state index in [1.165, 1.54) is 11.8 Å². The smallest absolute Gasteiger partial charge is 0.326 e. The zero-order valence-electron chi connectivity index (χ0n) is 18.4. The van der Waals surface area contributed by atoms with Crippen LogP contribution < -0.4 is 16.4 Å². The van der Waals surface area contributed by atoms with Crippen molar-refractivity contribution in [2.75, 3.05) is 6.54 Å². The van der Waals surface area contributed by atoms with E-state index < -0.39 is 54.3 Å². The molecule has 33 heavy (non-hydrogen) atoms. The van der Waals surface area contributed by atoms with Crippen molar-refractivity contribution in [3.05, 3.63) is 35.9 Å². The molecule has 0 aromatic heterocycles. The van der Waals surface area contributed by atoms with Crippen LogP contribution in [0.15, 0.2) is 30.3 Å². The summed E-state index contributed by atoms with van der Waals surface area (Å²) in [5, 5.41) is 22.6. The first-order valence-corrected chi connectivity index (χ1v) is 10.8. The predicted octanol–water partition coefficient (Wildman–Crippen LogP) is -0.514. The molecule has 6 N–H and O–H groups in total. The number of carbonyl (C=O) groups is 5. The van der Waals surface area contributed by atoms with Gasteiger partial charge in [-0.3, -0.25) is 19.2 Å². The van der Waals surface area contributed by atoms with E-state index in [1.807, 2.05) is 30.3 Å². The molecule has 4 atom stereocenters. The Morgan fingerprint density at radius 3 is 2.39 bits per heavy atom. The fraction of sp³-hybridized carbons (Fsp3) is 0.500. The summed E-state index contributed by atoms with van der Waals surface area (Å²) in [6.45, 7) is 1.75. The van der Waals surface area contributed by atoms with E-state index >= 15 is 0 Å². The number of amides is 3. The zero-order valence-corrected chi connectivity index (χ0v) is 18.4. The molecule has 1 aromatic rings. The average molecular weight is 463 g/mol. The van der Waals surface area contributed by atoms with Gasteiger partial charge in [0.05, 0.1) is 6.04 Å². The summed E-state index contributed by atoms with van der Waals surface area (Å²) in [5.41, 5.74) is 6.99. The molecule has 1 fully saturated rings. The second kappa shape index (κ2) is 12.0. The highest BCUT2D eigenvalue weighted by Gasteiger charge is 2.37. The molecular formula is C22H30N4O7. The van der Waals surface area contributed by atoms with Gasteiger partial charge < -0.3 is 31.5 Å².